The van der Waals surface area contributed by atoms with Gasteiger partial charge in [-0.1, -0.05) is 18.2 Å². The zero-order valence-corrected chi connectivity index (χ0v) is 11.5. The lowest BCUT2D eigenvalue weighted by atomic mass is 9.88. The molecule has 1 aromatic rings. The molecule has 1 amide bonds. The van der Waals surface area contributed by atoms with E-state index in [9.17, 15) is 9.90 Å². The third-order valence-corrected chi connectivity index (χ3v) is 5.81. The normalized spacial score (nSPS) is 27.8. The van der Waals surface area contributed by atoms with Crippen LogP contribution in [0.4, 0.5) is 0 Å². The lowest BCUT2D eigenvalue weighted by Crippen LogP contribution is -2.66. The van der Waals surface area contributed by atoms with Gasteiger partial charge in [-0.25, -0.2) is 0 Å². The Morgan fingerprint density at radius 1 is 1.32 bits per heavy atom. The van der Waals surface area contributed by atoms with Crippen molar-refractivity contribution in [2.45, 2.75) is 35.0 Å². The van der Waals surface area contributed by atoms with E-state index in [2.05, 4.69) is 12.1 Å². The van der Waals surface area contributed by atoms with E-state index < -0.39 is 5.60 Å². The van der Waals surface area contributed by atoms with Crippen molar-refractivity contribution in [1.29, 1.82) is 0 Å². The fourth-order valence-corrected chi connectivity index (χ4v) is 4.45. The molecule has 1 atom stereocenters. The molecule has 1 N–H and O–H groups in total. The van der Waals surface area contributed by atoms with Crippen molar-refractivity contribution in [2.24, 2.45) is 5.92 Å². The summed E-state index contributed by atoms with van der Waals surface area (Å²) in [5.41, 5.74) is 0.718. The Hall–Kier alpha value is -1.00. The molecule has 0 radical (unpaired) electrons. The van der Waals surface area contributed by atoms with Crippen LogP contribution in [0.2, 0.25) is 0 Å². The summed E-state index contributed by atoms with van der Waals surface area (Å²) in [7, 11) is 0. The summed E-state index contributed by atoms with van der Waals surface area (Å²) in [4.78, 5) is 15.5. The molecule has 4 heteroatoms. The van der Waals surface area contributed by atoms with Gasteiger partial charge in [0, 0.05) is 4.90 Å². The number of hydrogen-bond acceptors (Lipinski definition) is 3. The number of hydrogen-bond donors (Lipinski definition) is 1. The molecule has 2 aliphatic heterocycles. The second kappa shape index (κ2) is 4.00. The maximum atomic E-state index is 12.4. The average molecular weight is 275 g/mol. The summed E-state index contributed by atoms with van der Waals surface area (Å²) in [6.07, 6.45) is 3.09. The molecule has 1 aromatic carbocycles. The van der Waals surface area contributed by atoms with E-state index in [0.717, 1.165) is 19.3 Å². The van der Waals surface area contributed by atoms with Gasteiger partial charge in [0.15, 0.2) is 0 Å². The highest BCUT2D eigenvalue weighted by Gasteiger charge is 2.54. The quantitative estimate of drug-likeness (QED) is 0.893. The fraction of sp³-hybridized carbons (Fsp3) is 0.533. The Kier molecular flexibility index (Phi) is 2.48. The predicted octanol–water partition coefficient (Wildman–Crippen LogP) is 1.69. The minimum absolute atomic E-state index is 0.0150. The lowest BCUT2D eigenvalue weighted by Gasteiger charge is -2.47. The van der Waals surface area contributed by atoms with Gasteiger partial charge in [-0.05, 0) is 36.8 Å². The van der Waals surface area contributed by atoms with Gasteiger partial charge in [0.1, 0.15) is 5.60 Å². The van der Waals surface area contributed by atoms with E-state index >= 15 is 0 Å². The molecule has 1 unspecified atom stereocenters. The number of carbonyl (C=O) groups is 1. The Balaban J connectivity index is 1.41. The SMILES string of the molecule is O=C(C1Cc2ccccc2S1)N1CC(O)(C2CC2)C1. The molecule has 0 spiro atoms. The highest BCUT2D eigenvalue weighted by Crippen LogP contribution is 2.46. The van der Waals surface area contributed by atoms with Crippen molar-refractivity contribution in [3.63, 3.8) is 0 Å². The van der Waals surface area contributed by atoms with E-state index in [-0.39, 0.29) is 11.2 Å². The second-order valence-electron chi connectivity index (χ2n) is 5.99. The Labute approximate surface area is 117 Å². The number of β-amino-alcohol motifs (C(OH)–C–C–N with tert-alkyl or cyclic N) is 1. The summed E-state index contributed by atoms with van der Waals surface area (Å²) in [5.74, 6) is 0.650. The summed E-state index contributed by atoms with van der Waals surface area (Å²) < 4.78 is 0. The minimum Gasteiger partial charge on any atom is -0.386 e. The molecule has 0 bridgehead atoms. The topological polar surface area (TPSA) is 40.5 Å². The Morgan fingerprint density at radius 2 is 2.05 bits per heavy atom. The van der Waals surface area contributed by atoms with Gasteiger partial charge in [0.2, 0.25) is 5.91 Å². The van der Waals surface area contributed by atoms with Crippen LogP contribution >= 0.6 is 11.8 Å². The summed E-state index contributed by atoms with van der Waals surface area (Å²) >= 11 is 1.67. The maximum Gasteiger partial charge on any atom is 0.236 e. The van der Waals surface area contributed by atoms with Gasteiger partial charge in [0.25, 0.3) is 0 Å². The van der Waals surface area contributed by atoms with Crippen LogP contribution in [-0.4, -0.2) is 39.9 Å². The molecule has 3 nitrogen and oxygen atoms in total. The number of fused-ring (bicyclic) bond motifs is 1. The van der Waals surface area contributed by atoms with Crippen molar-refractivity contribution >= 4 is 17.7 Å². The second-order valence-corrected chi connectivity index (χ2v) is 7.24. The number of carbonyl (C=O) groups excluding carboxylic acids is 1. The van der Waals surface area contributed by atoms with Gasteiger partial charge in [-0.2, -0.15) is 0 Å². The number of rotatable bonds is 2. The maximum absolute atomic E-state index is 12.4. The monoisotopic (exact) mass is 275 g/mol. The molecular formula is C15H17NO2S. The summed E-state index contributed by atoms with van der Waals surface area (Å²) in [5, 5.41) is 10.3. The van der Waals surface area contributed by atoms with E-state index in [1.165, 1.54) is 10.5 Å². The zero-order valence-electron chi connectivity index (χ0n) is 10.7. The third kappa shape index (κ3) is 1.89. The zero-order chi connectivity index (χ0) is 13.0. The molecule has 2 heterocycles. The lowest BCUT2D eigenvalue weighted by molar-refractivity contribution is -0.158. The van der Waals surface area contributed by atoms with E-state index in [1.807, 2.05) is 17.0 Å². The van der Waals surface area contributed by atoms with Crippen molar-refractivity contribution in [3.05, 3.63) is 29.8 Å². The van der Waals surface area contributed by atoms with Crippen LogP contribution in [0.5, 0.6) is 0 Å². The van der Waals surface area contributed by atoms with Crippen LogP contribution in [0, 0.1) is 5.92 Å². The molecule has 1 saturated heterocycles. The van der Waals surface area contributed by atoms with Crippen molar-refractivity contribution in [1.82, 2.24) is 4.90 Å². The molecule has 19 heavy (non-hydrogen) atoms. The molecule has 3 aliphatic rings. The number of amides is 1. The third-order valence-electron chi connectivity index (χ3n) is 4.50. The minimum atomic E-state index is -0.564. The van der Waals surface area contributed by atoms with E-state index in [0.29, 0.717) is 19.0 Å². The number of aliphatic hydroxyl groups is 1. The van der Waals surface area contributed by atoms with Crippen LogP contribution in [-0.2, 0) is 11.2 Å². The first-order chi connectivity index (χ1) is 9.16. The number of thioether (sulfide) groups is 1. The van der Waals surface area contributed by atoms with E-state index in [4.69, 9.17) is 0 Å². The van der Waals surface area contributed by atoms with Crippen molar-refractivity contribution in [2.75, 3.05) is 13.1 Å². The van der Waals surface area contributed by atoms with Crippen molar-refractivity contribution in [3.8, 4) is 0 Å². The predicted molar refractivity (Wildman–Crippen MR) is 74.0 cm³/mol. The molecule has 100 valence electrons. The highest BCUT2D eigenvalue weighted by atomic mass is 32.2. The van der Waals surface area contributed by atoms with Crippen LogP contribution in [0.15, 0.2) is 29.2 Å². The summed E-state index contributed by atoms with van der Waals surface area (Å²) in [6, 6.07) is 8.24. The van der Waals surface area contributed by atoms with E-state index in [1.54, 1.807) is 11.8 Å². The standard InChI is InChI=1S/C15H17NO2S/c17-14(16-8-15(18,9-16)11-5-6-11)13-7-10-3-1-2-4-12(10)19-13/h1-4,11,13,18H,5-9H2. The Bertz CT molecular complexity index is 510. The molecule has 2 fully saturated rings. The van der Waals surface area contributed by atoms with Crippen LogP contribution < -0.4 is 0 Å². The number of nitrogens with zero attached hydrogens (tertiary/aromatic N) is 1. The van der Waals surface area contributed by atoms with Crippen LogP contribution in [0.1, 0.15) is 18.4 Å². The highest BCUT2D eigenvalue weighted by molar-refractivity contribution is 8.01. The Morgan fingerprint density at radius 3 is 2.74 bits per heavy atom. The first-order valence-electron chi connectivity index (χ1n) is 6.91. The van der Waals surface area contributed by atoms with Gasteiger partial charge in [0.05, 0.1) is 18.3 Å². The molecule has 1 aliphatic carbocycles. The number of likely N-dealkylation sites (tertiary alicyclic amines) is 1. The van der Waals surface area contributed by atoms with Crippen LogP contribution in [0.3, 0.4) is 0 Å². The average Bonchev–Trinajstić information content (AvgIpc) is 3.13. The first-order valence-corrected chi connectivity index (χ1v) is 7.79. The largest absolute Gasteiger partial charge is 0.386 e. The molecule has 4 rings (SSSR count). The van der Waals surface area contributed by atoms with Crippen LogP contribution in [0.25, 0.3) is 0 Å². The van der Waals surface area contributed by atoms with Crippen molar-refractivity contribution < 1.29 is 9.90 Å². The molecular weight excluding hydrogens is 258 g/mol. The number of benzene rings is 1. The summed E-state index contributed by atoms with van der Waals surface area (Å²) in [6.45, 7) is 1.09. The fourth-order valence-electron chi connectivity index (χ4n) is 3.17. The van der Waals surface area contributed by atoms with Gasteiger partial charge < -0.3 is 10.0 Å². The van der Waals surface area contributed by atoms with Gasteiger partial charge in [-0.3, -0.25) is 4.79 Å². The smallest absolute Gasteiger partial charge is 0.236 e. The van der Waals surface area contributed by atoms with Gasteiger partial charge in [-0.15, -0.1) is 11.8 Å². The van der Waals surface area contributed by atoms with Gasteiger partial charge >= 0.3 is 0 Å². The molecule has 0 aromatic heterocycles. The molecule has 1 saturated carbocycles. The first kappa shape index (κ1) is 11.8.